The predicted octanol–water partition coefficient (Wildman–Crippen LogP) is 1.61. The van der Waals surface area contributed by atoms with Crippen molar-refractivity contribution in [2.75, 3.05) is 13.2 Å². The van der Waals surface area contributed by atoms with Gasteiger partial charge in [0.1, 0.15) is 0 Å². The summed E-state index contributed by atoms with van der Waals surface area (Å²) in [4.78, 5) is 11.8. The number of hydrogen-bond donors (Lipinski definition) is 2. The fraction of sp³-hybridized carbons (Fsp3) is 0.929. The van der Waals surface area contributed by atoms with Crippen molar-refractivity contribution in [3.8, 4) is 0 Å². The summed E-state index contributed by atoms with van der Waals surface area (Å²) >= 11 is 0. The smallest absolute Gasteiger partial charge is 0.220 e. The van der Waals surface area contributed by atoms with E-state index in [-0.39, 0.29) is 18.1 Å². The predicted molar refractivity (Wildman–Crippen MR) is 69.2 cm³/mol. The molecule has 2 fully saturated rings. The van der Waals surface area contributed by atoms with Gasteiger partial charge in [-0.1, -0.05) is 12.8 Å². The lowest BCUT2D eigenvalue weighted by atomic mass is 9.92. The maximum absolute atomic E-state index is 11.8. The van der Waals surface area contributed by atoms with Gasteiger partial charge >= 0.3 is 0 Å². The van der Waals surface area contributed by atoms with E-state index in [1.54, 1.807) is 0 Å². The Bertz CT molecular complexity index is 264. The molecule has 1 aliphatic carbocycles. The quantitative estimate of drug-likeness (QED) is 0.802. The molecule has 4 heteroatoms. The third-order valence-corrected chi connectivity index (χ3v) is 4.20. The van der Waals surface area contributed by atoms with Gasteiger partial charge in [0.2, 0.25) is 5.91 Å². The number of aliphatic hydroxyl groups excluding tert-OH is 1. The topological polar surface area (TPSA) is 58.6 Å². The molecule has 0 aromatic carbocycles. The molecule has 4 nitrogen and oxygen atoms in total. The van der Waals surface area contributed by atoms with E-state index >= 15 is 0 Å². The summed E-state index contributed by atoms with van der Waals surface area (Å²) in [7, 11) is 0. The molecule has 2 rings (SSSR count). The maximum atomic E-state index is 11.8. The van der Waals surface area contributed by atoms with E-state index in [1.807, 2.05) is 0 Å². The zero-order valence-corrected chi connectivity index (χ0v) is 11.1. The van der Waals surface area contributed by atoms with Crippen molar-refractivity contribution < 1.29 is 14.6 Å². The minimum atomic E-state index is -0.342. The van der Waals surface area contributed by atoms with Crippen molar-refractivity contribution in [2.45, 2.75) is 63.5 Å². The maximum Gasteiger partial charge on any atom is 0.220 e. The van der Waals surface area contributed by atoms with Gasteiger partial charge in [-0.2, -0.15) is 0 Å². The number of carbonyl (C=O) groups is 1. The molecule has 0 bridgehead atoms. The van der Waals surface area contributed by atoms with Crippen molar-refractivity contribution in [3.05, 3.63) is 0 Å². The molecular weight excluding hydrogens is 230 g/mol. The van der Waals surface area contributed by atoms with Crippen molar-refractivity contribution >= 4 is 5.91 Å². The van der Waals surface area contributed by atoms with Gasteiger partial charge in [0, 0.05) is 19.6 Å². The largest absolute Gasteiger partial charge is 0.391 e. The Hall–Kier alpha value is -0.610. The fourth-order valence-electron chi connectivity index (χ4n) is 2.93. The molecule has 0 radical (unpaired) electrons. The molecule has 1 heterocycles. The summed E-state index contributed by atoms with van der Waals surface area (Å²) in [6.45, 7) is 1.68. The molecule has 18 heavy (non-hydrogen) atoms. The monoisotopic (exact) mass is 255 g/mol. The summed E-state index contributed by atoms with van der Waals surface area (Å²) < 4.78 is 5.31. The van der Waals surface area contributed by atoms with E-state index in [2.05, 4.69) is 5.32 Å². The second-order valence-electron chi connectivity index (χ2n) is 5.62. The number of ether oxygens (including phenoxy) is 1. The number of aliphatic hydroxyl groups is 1. The Kier molecular flexibility index (Phi) is 5.45. The third kappa shape index (κ3) is 4.25. The van der Waals surface area contributed by atoms with E-state index in [0.29, 0.717) is 12.3 Å². The summed E-state index contributed by atoms with van der Waals surface area (Å²) in [6, 6.07) is -0.0130. The van der Waals surface area contributed by atoms with Crippen LogP contribution < -0.4 is 5.32 Å². The Morgan fingerprint density at radius 1 is 1.17 bits per heavy atom. The SMILES string of the molecule is O=C(CCC1CCOCC1)NC1CCCCC1O. The van der Waals surface area contributed by atoms with E-state index in [1.165, 1.54) is 0 Å². The minimum Gasteiger partial charge on any atom is -0.391 e. The van der Waals surface area contributed by atoms with E-state index < -0.39 is 0 Å². The van der Waals surface area contributed by atoms with Crippen LogP contribution in [0.3, 0.4) is 0 Å². The van der Waals surface area contributed by atoms with Gasteiger partial charge in [0.25, 0.3) is 0 Å². The first-order valence-corrected chi connectivity index (χ1v) is 7.31. The van der Waals surface area contributed by atoms with Crippen LogP contribution in [0.1, 0.15) is 51.4 Å². The van der Waals surface area contributed by atoms with E-state index in [0.717, 1.165) is 58.2 Å². The number of hydrogen-bond acceptors (Lipinski definition) is 3. The molecule has 1 saturated carbocycles. The molecule has 2 aliphatic rings. The van der Waals surface area contributed by atoms with Crippen LogP contribution >= 0.6 is 0 Å². The van der Waals surface area contributed by atoms with Crippen LogP contribution in [-0.2, 0) is 9.53 Å². The van der Waals surface area contributed by atoms with E-state index in [9.17, 15) is 9.90 Å². The van der Waals surface area contributed by atoms with Crippen LogP contribution in [0.2, 0.25) is 0 Å². The average Bonchev–Trinajstić information content (AvgIpc) is 2.40. The number of carbonyl (C=O) groups excluding carboxylic acids is 1. The highest BCUT2D eigenvalue weighted by atomic mass is 16.5. The summed E-state index contributed by atoms with van der Waals surface area (Å²) in [6.07, 6.45) is 7.31. The first-order chi connectivity index (χ1) is 8.75. The Morgan fingerprint density at radius 2 is 1.89 bits per heavy atom. The number of amides is 1. The standard InChI is InChI=1S/C14H25NO3/c16-13-4-2-1-3-12(13)15-14(17)6-5-11-7-9-18-10-8-11/h11-13,16H,1-10H2,(H,15,17). The van der Waals surface area contributed by atoms with E-state index in [4.69, 9.17) is 4.74 Å². The highest BCUT2D eigenvalue weighted by Gasteiger charge is 2.24. The summed E-state index contributed by atoms with van der Waals surface area (Å²) in [5.41, 5.74) is 0. The second-order valence-corrected chi connectivity index (χ2v) is 5.62. The number of rotatable bonds is 4. The van der Waals surface area contributed by atoms with Crippen LogP contribution in [0.5, 0.6) is 0 Å². The first-order valence-electron chi connectivity index (χ1n) is 7.31. The molecule has 104 valence electrons. The van der Waals surface area contributed by atoms with Crippen LogP contribution in [0.15, 0.2) is 0 Å². The first kappa shape index (κ1) is 13.8. The van der Waals surface area contributed by atoms with Gasteiger partial charge in [-0.3, -0.25) is 4.79 Å². The number of nitrogens with one attached hydrogen (secondary N) is 1. The highest BCUT2D eigenvalue weighted by molar-refractivity contribution is 5.76. The second kappa shape index (κ2) is 7.10. The van der Waals surface area contributed by atoms with Crippen LogP contribution in [0, 0.1) is 5.92 Å². The van der Waals surface area contributed by atoms with Crippen LogP contribution in [0.25, 0.3) is 0 Å². The van der Waals surface area contributed by atoms with Gasteiger partial charge < -0.3 is 15.2 Å². The zero-order valence-electron chi connectivity index (χ0n) is 11.1. The summed E-state index contributed by atoms with van der Waals surface area (Å²) in [5, 5.41) is 12.8. The Labute approximate surface area is 109 Å². The summed E-state index contributed by atoms with van der Waals surface area (Å²) in [5.74, 6) is 0.744. The molecule has 2 atom stereocenters. The molecular formula is C14H25NO3. The molecule has 1 amide bonds. The van der Waals surface area contributed by atoms with Crippen LogP contribution in [-0.4, -0.2) is 36.4 Å². The molecule has 2 N–H and O–H groups in total. The molecule has 1 saturated heterocycles. The molecule has 0 aromatic heterocycles. The van der Waals surface area contributed by atoms with Crippen molar-refractivity contribution in [3.63, 3.8) is 0 Å². The van der Waals surface area contributed by atoms with Crippen molar-refractivity contribution in [2.24, 2.45) is 5.92 Å². The fourth-order valence-corrected chi connectivity index (χ4v) is 2.93. The lowest BCUT2D eigenvalue weighted by Gasteiger charge is -2.28. The average molecular weight is 255 g/mol. The van der Waals surface area contributed by atoms with Gasteiger partial charge in [-0.25, -0.2) is 0 Å². The normalized spacial score (nSPS) is 30.1. The highest BCUT2D eigenvalue weighted by Crippen LogP contribution is 2.21. The van der Waals surface area contributed by atoms with Gasteiger partial charge in [0.05, 0.1) is 12.1 Å². The van der Waals surface area contributed by atoms with Gasteiger partial charge in [-0.15, -0.1) is 0 Å². The lowest BCUT2D eigenvalue weighted by Crippen LogP contribution is -2.45. The Morgan fingerprint density at radius 3 is 2.61 bits per heavy atom. The van der Waals surface area contributed by atoms with Gasteiger partial charge in [-0.05, 0) is 38.0 Å². The lowest BCUT2D eigenvalue weighted by molar-refractivity contribution is -0.123. The molecule has 2 unspecified atom stereocenters. The Balaban J connectivity index is 1.64. The van der Waals surface area contributed by atoms with Crippen molar-refractivity contribution in [1.82, 2.24) is 5.32 Å². The minimum absolute atomic E-state index is 0.0130. The molecule has 0 aromatic rings. The van der Waals surface area contributed by atoms with Crippen molar-refractivity contribution in [1.29, 1.82) is 0 Å². The zero-order chi connectivity index (χ0) is 12.8. The van der Waals surface area contributed by atoms with Gasteiger partial charge in [0.15, 0.2) is 0 Å². The molecule has 0 spiro atoms. The molecule has 1 aliphatic heterocycles. The van der Waals surface area contributed by atoms with Crippen LogP contribution in [0.4, 0.5) is 0 Å². The third-order valence-electron chi connectivity index (χ3n) is 4.20.